The quantitative estimate of drug-likeness (QED) is 0.545. The van der Waals surface area contributed by atoms with Gasteiger partial charge in [-0.1, -0.05) is 0 Å². The van der Waals surface area contributed by atoms with Crippen molar-refractivity contribution >= 4 is 28.6 Å². The second-order valence-corrected chi connectivity index (χ2v) is 5.55. The lowest BCUT2D eigenvalue weighted by Gasteiger charge is -2.13. The zero-order chi connectivity index (χ0) is 16.3. The highest BCUT2D eigenvalue weighted by molar-refractivity contribution is 14.1. The molecule has 0 saturated heterocycles. The molecule has 22 heavy (non-hydrogen) atoms. The predicted octanol–water partition coefficient (Wildman–Crippen LogP) is 4.42. The fraction of sp³-hybridized carbons (Fsp3) is 0.188. The Labute approximate surface area is 140 Å². The van der Waals surface area contributed by atoms with Gasteiger partial charge in [-0.05, 0) is 59.3 Å². The SMILES string of the molecule is CCOC(=O)c1cc(-c2ccc(F)cc2F)cc(I)c1OC. The number of ether oxygens (including phenoxy) is 2. The van der Waals surface area contributed by atoms with Crippen LogP contribution in [0, 0.1) is 15.2 Å². The average Bonchev–Trinajstić information content (AvgIpc) is 2.46. The lowest BCUT2D eigenvalue weighted by molar-refractivity contribution is 0.0522. The van der Waals surface area contributed by atoms with Gasteiger partial charge in [-0.15, -0.1) is 0 Å². The lowest BCUT2D eigenvalue weighted by Crippen LogP contribution is -2.08. The van der Waals surface area contributed by atoms with Gasteiger partial charge in [0.05, 0.1) is 17.3 Å². The van der Waals surface area contributed by atoms with E-state index in [1.807, 2.05) is 22.6 Å². The van der Waals surface area contributed by atoms with Crippen LogP contribution in [-0.4, -0.2) is 19.7 Å². The summed E-state index contributed by atoms with van der Waals surface area (Å²) in [5, 5.41) is 0. The van der Waals surface area contributed by atoms with E-state index in [2.05, 4.69) is 0 Å². The van der Waals surface area contributed by atoms with Gasteiger partial charge < -0.3 is 9.47 Å². The summed E-state index contributed by atoms with van der Waals surface area (Å²) >= 11 is 1.99. The second-order valence-electron chi connectivity index (χ2n) is 4.38. The molecule has 0 N–H and O–H groups in total. The first-order valence-corrected chi connectivity index (χ1v) is 7.55. The molecular weight excluding hydrogens is 405 g/mol. The Balaban J connectivity index is 2.61. The van der Waals surface area contributed by atoms with Crippen molar-refractivity contribution in [3.05, 3.63) is 51.1 Å². The predicted molar refractivity (Wildman–Crippen MR) is 87.0 cm³/mol. The van der Waals surface area contributed by atoms with Gasteiger partial charge in [0.15, 0.2) is 0 Å². The van der Waals surface area contributed by atoms with Crippen molar-refractivity contribution in [2.45, 2.75) is 6.92 Å². The minimum absolute atomic E-state index is 0.201. The molecule has 0 aliphatic rings. The maximum atomic E-state index is 13.9. The number of benzene rings is 2. The number of hydrogen-bond acceptors (Lipinski definition) is 3. The van der Waals surface area contributed by atoms with Crippen molar-refractivity contribution in [1.82, 2.24) is 0 Å². The Hall–Kier alpha value is -1.70. The normalized spacial score (nSPS) is 10.4. The Morgan fingerprint density at radius 3 is 2.55 bits per heavy atom. The zero-order valence-corrected chi connectivity index (χ0v) is 14.1. The van der Waals surface area contributed by atoms with Crippen molar-refractivity contribution in [3.63, 3.8) is 0 Å². The lowest BCUT2D eigenvalue weighted by atomic mass is 10.0. The van der Waals surface area contributed by atoms with Gasteiger partial charge in [0.25, 0.3) is 0 Å². The maximum Gasteiger partial charge on any atom is 0.341 e. The van der Waals surface area contributed by atoms with Crippen LogP contribution in [0.25, 0.3) is 11.1 Å². The monoisotopic (exact) mass is 418 g/mol. The first-order chi connectivity index (χ1) is 10.5. The van der Waals surface area contributed by atoms with Gasteiger partial charge in [-0.2, -0.15) is 0 Å². The maximum absolute atomic E-state index is 13.9. The number of carbonyl (C=O) groups is 1. The number of halogens is 3. The molecule has 0 saturated carbocycles. The Morgan fingerprint density at radius 2 is 1.95 bits per heavy atom. The summed E-state index contributed by atoms with van der Waals surface area (Å²) in [6.45, 7) is 1.91. The van der Waals surface area contributed by atoms with E-state index in [1.54, 1.807) is 13.0 Å². The molecule has 0 aliphatic carbocycles. The largest absolute Gasteiger partial charge is 0.495 e. The molecule has 116 valence electrons. The van der Waals surface area contributed by atoms with E-state index >= 15 is 0 Å². The van der Waals surface area contributed by atoms with Crippen molar-refractivity contribution < 1.29 is 23.0 Å². The fourth-order valence-electron chi connectivity index (χ4n) is 2.04. The summed E-state index contributed by atoms with van der Waals surface area (Å²) in [6, 6.07) is 6.45. The summed E-state index contributed by atoms with van der Waals surface area (Å²) in [7, 11) is 1.44. The molecule has 0 aliphatic heterocycles. The molecule has 2 aromatic rings. The van der Waals surface area contributed by atoms with Gasteiger partial charge in [0.1, 0.15) is 22.9 Å². The molecule has 2 rings (SSSR count). The number of esters is 1. The van der Waals surface area contributed by atoms with Crippen LogP contribution in [0.1, 0.15) is 17.3 Å². The minimum Gasteiger partial charge on any atom is -0.495 e. The number of methoxy groups -OCH3 is 1. The van der Waals surface area contributed by atoms with Crippen molar-refractivity contribution in [2.24, 2.45) is 0 Å². The van der Waals surface area contributed by atoms with Gasteiger partial charge in [0.2, 0.25) is 0 Å². The number of hydrogen-bond donors (Lipinski definition) is 0. The third-order valence-electron chi connectivity index (χ3n) is 2.99. The minimum atomic E-state index is -0.698. The average molecular weight is 418 g/mol. The van der Waals surface area contributed by atoms with Crippen LogP contribution in [-0.2, 0) is 4.74 Å². The highest BCUT2D eigenvalue weighted by Gasteiger charge is 2.19. The molecule has 0 fully saturated rings. The molecule has 0 aromatic heterocycles. The molecule has 0 atom stereocenters. The Kier molecular flexibility index (Phi) is 5.33. The molecule has 2 aromatic carbocycles. The van der Waals surface area contributed by atoms with E-state index in [-0.39, 0.29) is 17.7 Å². The van der Waals surface area contributed by atoms with Crippen molar-refractivity contribution in [2.75, 3.05) is 13.7 Å². The molecule has 0 radical (unpaired) electrons. The van der Waals surface area contributed by atoms with Gasteiger partial charge in [0, 0.05) is 11.6 Å². The second kappa shape index (κ2) is 7.04. The van der Waals surface area contributed by atoms with Gasteiger partial charge >= 0.3 is 5.97 Å². The van der Waals surface area contributed by atoms with E-state index in [9.17, 15) is 13.6 Å². The highest BCUT2D eigenvalue weighted by atomic mass is 127. The van der Waals surface area contributed by atoms with E-state index in [4.69, 9.17) is 9.47 Å². The van der Waals surface area contributed by atoms with Crippen LogP contribution in [0.3, 0.4) is 0 Å². The highest BCUT2D eigenvalue weighted by Crippen LogP contribution is 2.33. The van der Waals surface area contributed by atoms with E-state index in [0.717, 1.165) is 6.07 Å². The summed E-state index contributed by atoms with van der Waals surface area (Å²) in [5.41, 5.74) is 0.855. The molecule has 0 spiro atoms. The number of rotatable bonds is 4. The summed E-state index contributed by atoms with van der Waals surface area (Å²) in [5.74, 6) is -1.54. The molecule has 0 amide bonds. The fourth-order valence-corrected chi connectivity index (χ4v) is 2.89. The van der Waals surface area contributed by atoms with Gasteiger partial charge in [-0.25, -0.2) is 13.6 Å². The van der Waals surface area contributed by atoms with Gasteiger partial charge in [-0.3, -0.25) is 0 Å². The zero-order valence-electron chi connectivity index (χ0n) is 12.0. The third kappa shape index (κ3) is 3.37. The third-order valence-corrected chi connectivity index (χ3v) is 3.79. The summed E-state index contributed by atoms with van der Waals surface area (Å²) in [4.78, 5) is 12.0. The van der Waals surface area contributed by atoms with Crippen molar-refractivity contribution in [1.29, 1.82) is 0 Å². The van der Waals surface area contributed by atoms with Crippen LogP contribution in [0.5, 0.6) is 5.75 Å². The summed E-state index contributed by atoms with van der Waals surface area (Å²) < 4.78 is 37.8. The molecule has 3 nitrogen and oxygen atoms in total. The standard InChI is InChI=1S/C16H13F2IO3/c1-3-22-16(20)12-6-9(7-14(19)15(12)21-2)11-5-4-10(17)8-13(11)18/h4-8H,3H2,1-2H3. The smallest absolute Gasteiger partial charge is 0.341 e. The Bertz CT molecular complexity index is 717. The molecule has 0 unspecified atom stereocenters. The molecule has 0 heterocycles. The summed E-state index contributed by atoms with van der Waals surface area (Å²) in [6.07, 6.45) is 0. The van der Waals surface area contributed by atoms with Crippen LogP contribution < -0.4 is 4.74 Å². The first kappa shape index (κ1) is 16.7. The molecule has 0 bridgehead atoms. The van der Waals surface area contributed by atoms with Crippen LogP contribution >= 0.6 is 22.6 Å². The van der Waals surface area contributed by atoms with Crippen molar-refractivity contribution in [3.8, 4) is 16.9 Å². The first-order valence-electron chi connectivity index (χ1n) is 6.48. The topological polar surface area (TPSA) is 35.5 Å². The van der Waals surface area contributed by atoms with Crippen LogP contribution in [0.15, 0.2) is 30.3 Å². The van der Waals surface area contributed by atoms with E-state index < -0.39 is 17.6 Å². The van der Waals surface area contributed by atoms with E-state index in [0.29, 0.717) is 14.9 Å². The molecule has 6 heteroatoms. The van der Waals surface area contributed by atoms with Crippen LogP contribution in [0.4, 0.5) is 8.78 Å². The molecular formula is C16H13F2IO3. The Morgan fingerprint density at radius 1 is 1.23 bits per heavy atom. The van der Waals surface area contributed by atoms with E-state index in [1.165, 1.54) is 25.3 Å². The van der Waals surface area contributed by atoms with Crippen LogP contribution in [0.2, 0.25) is 0 Å². The number of carbonyl (C=O) groups excluding carboxylic acids is 1.